The number of ketones is 1. The number of halogens is 3. The molecule has 2 rings (SSSR count). The number of hydrogen-bond acceptors (Lipinski definition) is 2. The SMILES string of the molecule is O=C1Cc2ccccc2N=C1C(F)(F)F. The Labute approximate surface area is 83.4 Å². The van der Waals surface area contributed by atoms with Crippen molar-refractivity contribution in [3.63, 3.8) is 0 Å². The third-order valence-electron chi connectivity index (χ3n) is 2.11. The van der Waals surface area contributed by atoms with Crippen molar-refractivity contribution in [1.82, 2.24) is 0 Å². The summed E-state index contributed by atoms with van der Waals surface area (Å²) in [6.45, 7) is 0. The fourth-order valence-corrected chi connectivity index (χ4v) is 1.43. The second-order valence-corrected chi connectivity index (χ2v) is 3.19. The number of hydrogen-bond donors (Lipinski definition) is 0. The minimum atomic E-state index is -4.66. The average Bonchev–Trinajstić information content (AvgIpc) is 2.15. The average molecular weight is 213 g/mol. The van der Waals surface area contributed by atoms with Crippen molar-refractivity contribution in [2.45, 2.75) is 12.6 Å². The largest absolute Gasteiger partial charge is 0.436 e. The van der Waals surface area contributed by atoms with Crippen LogP contribution in [0, 0.1) is 0 Å². The third kappa shape index (κ3) is 1.77. The van der Waals surface area contributed by atoms with E-state index in [-0.39, 0.29) is 12.1 Å². The zero-order valence-electron chi connectivity index (χ0n) is 7.51. The van der Waals surface area contributed by atoms with Crippen LogP contribution >= 0.6 is 0 Å². The number of Topliss-reactive ketones (excluding diaryl/α,β-unsaturated/α-hetero) is 1. The first-order chi connectivity index (χ1) is 6.98. The summed E-state index contributed by atoms with van der Waals surface area (Å²) >= 11 is 0. The van der Waals surface area contributed by atoms with E-state index in [2.05, 4.69) is 4.99 Å². The van der Waals surface area contributed by atoms with Crippen LogP contribution in [0.2, 0.25) is 0 Å². The molecule has 5 heteroatoms. The lowest BCUT2D eigenvalue weighted by atomic mass is 10.0. The summed E-state index contributed by atoms with van der Waals surface area (Å²) in [7, 11) is 0. The van der Waals surface area contributed by atoms with Gasteiger partial charge >= 0.3 is 6.18 Å². The number of nitrogens with zero attached hydrogens (tertiary/aromatic N) is 1. The molecule has 1 aromatic rings. The number of carbonyl (C=O) groups excluding carboxylic acids is 1. The molecule has 78 valence electrons. The van der Waals surface area contributed by atoms with Crippen molar-refractivity contribution in [3.8, 4) is 0 Å². The van der Waals surface area contributed by atoms with Gasteiger partial charge in [-0.2, -0.15) is 13.2 Å². The number of carbonyl (C=O) groups is 1. The fourth-order valence-electron chi connectivity index (χ4n) is 1.43. The Kier molecular flexibility index (Phi) is 2.10. The van der Waals surface area contributed by atoms with E-state index in [0.29, 0.717) is 5.56 Å². The summed E-state index contributed by atoms with van der Waals surface area (Å²) in [5, 5.41) is 0. The number of fused-ring (bicyclic) bond motifs is 1. The predicted molar refractivity (Wildman–Crippen MR) is 48.3 cm³/mol. The molecule has 2 nitrogen and oxygen atoms in total. The first kappa shape index (κ1) is 9.89. The van der Waals surface area contributed by atoms with Gasteiger partial charge in [0.05, 0.1) is 5.69 Å². The van der Waals surface area contributed by atoms with Crippen molar-refractivity contribution in [1.29, 1.82) is 0 Å². The summed E-state index contributed by atoms with van der Waals surface area (Å²) in [6.07, 6.45) is -4.89. The maximum absolute atomic E-state index is 12.3. The predicted octanol–water partition coefficient (Wildman–Crippen LogP) is 2.45. The van der Waals surface area contributed by atoms with Crippen LogP contribution in [0.5, 0.6) is 0 Å². The molecule has 1 heterocycles. The standard InChI is InChI=1S/C10H6F3NO/c11-10(12,13)9-8(15)5-6-3-1-2-4-7(6)14-9/h1-4H,5H2. The molecular weight excluding hydrogens is 207 g/mol. The van der Waals surface area contributed by atoms with E-state index in [4.69, 9.17) is 0 Å². The monoisotopic (exact) mass is 213 g/mol. The molecule has 0 amide bonds. The van der Waals surface area contributed by atoms with E-state index in [1.165, 1.54) is 6.07 Å². The van der Waals surface area contributed by atoms with Crippen LogP contribution in [0.3, 0.4) is 0 Å². The van der Waals surface area contributed by atoms with E-state index in [1.807, 2.05) is 0 Å². The molecule has 0 saturated carbocycles. The van der Waals surface area contributed by atoms with E-state index in [1.54, 1.807) is 18.2 Å². The highest BCUT2D eigenvalue weighted by atomic mass is 19.4. The quantitative estimate of drug-likeness (QED) is 0.650. The van der Waals surface area contributed by atoms with Gasteiger partial charge in [0.15, 0.2) is 11.5 Å². The summed E-state index contributed by atoms with van der Waals surface area (Å²) in [5.41, 5.74) is -0.541. The lowest BCUT2D eigenvalue weighted by molar-refractivity contribution is -0.116. The van der Waals surface area contributed by atoms with Crippen molar-refractivity contribution < 1.29 is 18.0 Å². The molecule has 0 aliphatic carbocycles. The van der Waals surface area contributed by atoms with Gasteiger partial charge in [-0.05, 0) is 11.6 Å². The van der Waals surface area contributed by atoms with Gasteiger partial charge in [-0.15, -0.1) is 0 Å². The van der Waals surface area contributed by atoms with Crippen LogP contribution in [0.4, 0.5) is 18.9 Å². The van der Waals surface area contributed by atoms with Gasteiger partial charge < -0.3 is 0 Å². The highest BCUT2D eigenvalue weighted by molar-refractivity contribution is 6.43. The van der Waals surface area contributed by atoms with Crippen LogP contribution in [0.1, 0.15) is 5.56 Å². The highest BCUT2D eigenvalue weighted by Gasteiger charge is 2.42. The Balaban J connectivity index is 2.53. The molecule has 0 radical (unpaired) electrons. The fraction of sp³-hybridized carbons (Fsp3) is 0.200. The second-order valence-electron chi connectivity index (χ2n) is 3.19. The first-order valence-corrected chi connectivity index (χ1v) is 4.25. The molecule has 0 fully saturated rings. The van der Waals surface area contributed by atoms with E-state index in [0.717, 1.165) is 0 Å². The zero-order valence-corrected chi connectivity index (χ0v) is 7.51. The van der Waals surface area contributed by atoms with Crippen LogP contribution in [-0.4, -0.2) is 17.7 Å². The lowest BCUT2D eigenvalue weighted by Gasteiger charge is -2.15. The van der Waals surface area contributed by atoms with Gasteiger partial charge in [0.1, 0.15) is 0 Å². The van der Waals surface area contributed by atoms with Crippen molar-refractivity contribution >= 4 is 17.2 Å². The second kappa shape index (κ2) is 3.18. The van der Waals surface area contributed by atoms with E-state index >= 15 is 0 Å². The number of aliphatic imine (C=N–C) groups is 1. The van der Waals surface area contributed by atoms with Crippen LogP contribution in [0.25, 0.3) is 0 Å². The number of para-hydroxylation sites is 1. The van der Waals surface area contributed by atoms with Crippen LogP contribution < -0.4 is 0 Å². The molecule has 1 aromatic carbocycles. The van der Waals surface area contributed by atoms with Gasteiger partial charge in [-0.25, -0.2) is 4.99 Å². The van der Waals surface area contributed by atoms with Crippen molar-refractivity contribution in [2.24, 2.45) is 4.99 Å². The summed E-state index contributed by atoms with van der Waals surface area (Å²) in [5.74, 6) is -0.971. The number of rotatable bonds is 0. The molecule has 0 saturated heterocycles. The Morgan fingerprint density at radius 1 is 1.20 bits per heavy atom. The smallest absolute Gasteiger partial charge is 0.292 e. The van der Waals surface area contributed by atoms with Gasteiger partial charge in [-0.3, -0.25) is 4.79 Å². The maximum Gasteiger partial charge on any atom is 0.436 e. The molecule has 0 N–H and O–H groups in total. The zero-order chi connectivity index (χ0) is 11.1. The Hall–Kier alpha value is -1.65. The summed E-state index contributed by atoms with van der Waals surface area (Å²) < 4.78 is 37.0. The van der Waals surface area contributed by atoms with Crippen molar-refractivity contribution in [3.05, 3.63) is 29.8 Å². The molecule has 1 aliphatic rings. The Morgan fingerprint density at radius 2 is 1.87 bits per heavy atom. The molecule has 0 atom stereocenters. The summed E-state index contributed by atoms with van der Waals surface area (Å²) in [4.78, 5) is 14.5. The maximum atomic E-state index is 12.3. The third-order valence-corrected chi connectivity index (χ3v) is 2.11. The minimum Gasteiger partial charge on any atom is -0.292 e. The van der Waals surface area contributed by atoms with Crippen molar-refractivity contribution in [2.75, 3.05) is 0 Å². The molecule has 0 aromatic heterocycles. The molecule has 0 bridgehead atoms. The molecular formula is C10H6F3NO. The van der Waals surface area contributed by atoms with Gasteiger partial charge in [0.25, 0.3) is 0 Å². The molecule has 15 heavy (non-hydrogen) atoms. The molecule has 0 spiro atoms. The van der Waals surface area contributed by atoms with Gasteiger partial charge in [0.2, 0.25) is 0 Å². The topological polar surface area (TPSA) is 29.4 Å². The van der Waals surface area contributed by atoms with Crippen LogP contribution in [0.15, 0.2) is 29.3 Å². The van der Waals surface area contributed by atoms with Gasteiger partial charge in [-0.1, -0.05) is 18.2 Å². The first-order valence-electron chi connectivity index (χ1n) is 4.25. The van der Waals surface area contributed by atoms with Crippen LogP contribution in [-0.2, 0) is 11.2 Å². The Bertz CT molecular complexity index is 448. The summed E-state index contributed by atoms with van der Waals surface area (Å²) in [6, 6.07) is 6.32. The molecule has 1 aliphatic heterocycles. The highest BCUT2D eigenvalue weighted by Crippen LogP contribution is 2.29. The van der Waals surface area contributed by atoms with E-state index < -0.39 is 17.7 Å². The number of benzene rings is 1. The Morgan fingerprint density at radius 3 is 2.53 bits per heavy atom. The molecule has 0 unspecified atom stereocenters. The lowest BCUT2D eigenvalue weighted by Crippen LogP contribution is -2.33. The van der Waals surface area contributed by atoms with E-state index in [9.17, 15) is 18.0 Å². The normalized spacial score (nSPS) is 15.9. The van der Waals surface area contributed by atoms with Gasteiger partial charge in [0, 0.05) is 6.42 Å². The minimum absolute atomic E-state index is 0.226. The number of alkyl halides is 3.